The summed E-state index contributed by atoms with van der Waals surface area (Å²) in [6.07, 6.45) is 0.286. The number of nitrogens with two attached hydrogens (primary N) is 1. The number of carbonyl (C=O) groups is 1. The van der Waals surface area contributed by atoms with Gasteiger partial charge >= 0.3 is 0 Å². The molecule has 1 aliphatic carbocycles. The average Bonchev–Trinajstić information content (AvgIpc) is 2.99. The lowest BCUT2D eigenvalue weighted by molar-refractivity contribution is -0.134. The van der Waals surface area contributed by atoms with Crippen LogP contribution in [-0.2, 0) is 4.79 Å². The SMILES string of the molecule is CC(O)C1(C(N)=O)CCC2C(=Nc3cccc(-c4c(F)cccc4F)c32)C1. The molecule has 3 N–H and O–H groups in total. The van der Waals surface area contributed by atoms with Crippen LogP contribution in [0.15, 0.2) is 41.4 Å². The van der Waals surface area contributed by atoms with Crippen molar-refractivity contribution in [2.75, 3.05) is 0 Å². The predicted octanol–water partition coefficient (Wildman–Crippen LogP) is 3.84. The van der Waals surface area contributed by atoms with Crippen LogP contribution >= 0.6 is 0 Å². The van der Waals surface area contributed by atoms with Gasteiger partial charge in [-0.25, -0.2) is 8.78 Å². The quantitative estimate of drug-likeness (QED) is 0.861. The van der Waals surface area contributed by atoms with Gasteiger partial charge in [0.2, 0.25) is 5.91 Å². The second-order valence-corrected chi connectivity index (χ2v) is 7.40. The van der Waals surface area contributed by atoms with Gasteiger partial charge in [0, 0.05) is 18.1 Å². The minimum Gasteiger partial charge on any atom is -0.392 e. The number of amides is 1. The van der Waals surface area contributed by atoms with Gasteiger partial charge in [0.1, 0.15) is 11.6 Å². The number of hydrogen-bond donors (Lipinski definition) is 2. The standard InChI is InChI=1S/C21H20F2N2O2/c1-11(26)21(20(24)27)9-8-12-17(10-21)25-16-7-2-4-13(18(12)16)19-14(22)5-3-6-15(19)23/h2-7,11-12,26H,8-10H2,1H3,(H2,24,27). The van der Waals surface area contributed by atoms with Crippen molar-refractivity contribution in [2.45, 2.75) is 38.2 Å². The molecule has 0 spiro atoms. The summed E-state index contributed by atoms with van der Waals surface area (Å²) in [5.74, 6) is -1.93. The molecule has 3 unspecified atom stereocenters. The molecule has 1 amide bonds. The minimum absolute atomic E-state index is 0.0620. The third-order valence-corrected chi connectivity index (χ3v) is 6.00. The molecular weight excluding hydrogens is 350 g/mol. The molecule has 4 nitrogen and oxygen atoms in total. The molecule has 0 saturated heterocycles. The number of carbonyl (C=O) groups excluding carboxylic acids is 1. The zero-order valence-electron chi connectivity index (χ0n) is 14.9. The molecule has 0 bridgehead atoms. The van der Waals surface area contributed by atoms with Crippen molar-refractivity contribution in [3.63, 3.8) is 0 Å². The predicted molar refractivity (Wildman–Crippen MR) is 98.8 cm³/mol. The van der Waals surface area contributed by atoms with Crippen LogP contribution in [0.2, 0.25) is 0 Å². The fourth-order valence-corrected chi connectivity index (χ4v) is 4.45. The Morgan fingerprint density at radius 2 is 1.93 bits per heavy atom. The Morgan fingerprint density at radius 1 is 1.26 bits per heavy atom. The fourth-order valence-electron chi connectivity index (χ4n) is 4.45. The van der Waals surface area contributed by atoms with Crippen LogP contribution in [0.25, 0.3) is 11.1 Å². The molecule has 6 heteroatoms. The Labute approximate surface area is 155 Å². The number of aliphatic hydroxyl groups is 1. The van der Waals surface area contributed by atoms with Gasteiger partial charge in [-0.15, -0.1) is 0 Å². The number of aliphatic hydroxyl groups excluding tert-OH is 1. The van der Waals surface area contributed by atoms with E-state index in [1.54, 1.807) is 25.1 Å². The topological polar surface area (TPSA) is 75.7 Å². The molecule has 1 aliphatic heterocycles. The van der Waals surface area contributed by atoms with E-state index < -0.39 is 29.1 Å². The summed E-state index contributed by atoms with van der Waals surface area (Å²) in [5.41, 5.74) is 7.13. The van der Waals surface area contributed by atoms with Crippen LogP contribution in [0, 0.1) is 17.0 Å². The molecule has 0 radical (unpaired) electrons. The fraction of sp³-hybridized carbons (Fsp3) is 0.333. The summed E-state index contributed by atoms with van der Waals surface area (Å²) >= 11 is 0. The second-order valence-electron chi connectivity index (χ2n) is 7.40. The maximum absolute atomic E-state index is 14.4. The van der Waals surface area contributed by atoms with E-state index in [1.165, 1.54) is 18.2 Å². The summed E-state index contributed by atoms with van der Waals surface area (Å²) in [6.45, 7) is 1.56. The average molecular weight is 370 g/mol. The molecule has 2 aromatic rings. The van der Waals surface area contributed by atoms with Crippen molar-refractivity contribution in [3.8, 4) is 11.1 Å². The van der Waals surface area contributed by atoms with Gasteiger partial charge in [-0.05, 0) is 49.1 Å². The maximum atomic E-state index is 14.4. The third-order valence-electron chi connectivity index (χ3n) is 6.00. The highest BCUT2D eigenvalue weighted by atomic mass is 19.1. The first-order chi connectivity index (χ1) is 12.8. The summed E-state index contributed by atoms with van der Waals surface area (Å²) in [6, 6.07) is 9.03. The van der Waals surface area contributed by atoms with Crippen LogP contribution in [0.1, 0.15) is 37.7 Å². The van der Waals surface area contributed by atoms with Gasteiger partial charge in [0.25, 0.3) is 0 Å². The number of halogens is 2. The highest BCUT2D eigenvalue weighted by Gasteiger charge is 2.49. The van der Waals surface area contributed by atoms with E-state index >= 15 is 0 Å². The normalized spacial score (nSPS) is 24.7. The Hall–Kier alpha value is -2.60. The lowest BCUT2D eigenvalue weighted by atomic mass is 9.65. The monoisotopic (exact) mass is 370 g/mol. The lowest BCUT2D eigenvalue weighted by Gasteiger charge is -2.39. The van der Waals surface area contributed by atoms with Crippen LogP contribution in [0.4, 0.5) is 14.5 Å². The maximum Gasteiger partial charge on any atom is 0.226 e. The molecule has 3 atom stereocenters. The first-order valence-corrected chi connectivity index (χ1v) is 8.98. The van der Waals surface area contributed by atoms with Gasteiger partial charge in [-0.2, -0.15) is 0 Å². The van der Waals surface area contributed by atoms with Crippen LogP contribution < -0.4 is 5.73 Å². The molecule has 140 valence electrons. The smallest absolute Gasteiger partial charge is 0.226 e. The van der Waals surface area contributed by atoms with Crippen LogP contribution in [-0.4, -0.2) is 22.8 Å². The number of hydrogen-bond acceptors (Lipinski definition) is 3. The molecule has 2 aromatic carbocycles. The Bertz CT molecular complexity index is 950. The number of fused-ring (bicyclic) bond motifs is 3. The van der Waals surface area contributed by atoms with E-state index in [0.717, 1.165) is 11.3 Å². The van der Waals surface area contributed by atoms with Crippen molar-refractivity contribution in [1.29, 1.82) is 0 Å². The van der Waals surface area contributed by atoms with Gasteiger partial charge in [0.05, 0.1) is 22.8 Å². The Kier molecular flexibility index (Phi) is 4.11. The number of primary amides is 1. The highest BCUT2D eigenvalue weighted by Crippen LogP contribution is 2.52. The molecule has 27 heavy (non-hydrogen) atoms. The Morgan fingerprint density at radius 3 is 2.56 bits per heavy atom. The third kappa shape index (κ3) is 2.58. The molecule has 2 aliphatic rings. The van der Waals surface area contributed by atoms with E-state index in [-0.39, 0.29) is 17.9 Å². The molecule has 1 saturated carbocycles. The number of nitrogens with zero attached hydrogens (tertiary/aromatic N) is 1. The van der Waals surface area contributed by atoms with Gasteiger partial charge in [-0.3, -0.25) is 9.79 Å². The zero-order chi connectivity index (χ0) is 19.3. The summed E-state index contributed by atoms with van der Waals surface area (Å²) in [4.78, 5) is 16.7. The van der Waals surface area contributed by atoms with E-state index in [2.05, 4.69) is 4.99 Å². The van der Waals surface area contributed by atoms with Crippen molar-refractivity contribution in [1.82, 2.24) is 0 Å². The lowest BCUT2D eigenvalue weighted by Crippen LogP contribution is -2.49. The van der Waals surface area contributed by atoms with Gasteiger partial charge in [-0.1, -0.05) is 18.2 Å². The molecule has 4 rings (SSSR count). The van der Waals surface area contributed by atoms with Crippen molar-refractivity contribution in [3.05, 3.63) is 53.6 Å². The number of benzene rings is 2. The van der Waals surface area contributed by atoms with E-state index in [1.807, 2.05) is 0 Å². The second kappa shape index (κ2) is 6.23. The molecule has 1 heterocycles. The van der Waals surface area contributed by atoms with Crippen LogP contribution in [0.5, 0.6) is 0 Å². The van der Waals surface area contributed by atoms with E-state index in [0.29, 0.717) is 24.1 Å². The molecule has 1 fully saturated rings. The van der Waals surface area contributed by atoms with E-state index in [9.17, 15) is 18.7 Å². The number of aliphatic imine (C=N–C) groups is 1. The molecular formula is C21H20F2N2O2. The first kappa shape index (κ1) is 17.8. The molecule has 0 aromatic heterocycles. The summed E-state index contributed by atoms with van der Waals surface area (Å²) < 4.78 is 28.8. The highest BCUT2D eigenvalue weighted by molar-refractivity contribution is 6.04. The Balaban J connectivity index is 1.80. The van der Waals surface area contributed by atoms with Crippen molar-refractivity contribution < 1.29 is 18.7 Å². The van der Waals surface area contributed by atoms with Crippen molar-refractivity contribution in [2.24, 2.45) is 16.1 Å². The first-order valence-electron chi connectivity index (χ1n) is 8.98. The zero-order valence-corrected chi connectivity index (χ0v) is 14.9. The van der Waals surface area contributed by atoms with Gasteiger partial charge < -0.3 is 10.8 Å². The summed E-state index contributed by atoms with van der Waals surface area (Å²) in [5, 5.41) is 10.2. The summed E-state index contributed by atoms with van der Waals surface area (Å²) in [7, 11) is 0. The van der Waals surface area contributed by atoms with Gasteiger partial charge in [0.15, 0.2) is 0 Å². The number of rotatable bonds is 3. The van der Waals surface area contributed by atoms with E-state index in [4.69, 9.17) is 5.73 Å². The van der Waals surface area contributed by atoms with Crippen LogP contribution in [0.3, 0.4) is 0 Å². The van der Waals surface area contributed by atoms with Crippen molar-refractivity contribution >= 4 is 17.3 Å². The largest absolute Gasteiger partial charge is 0.392 e. The minimum atomic E-state index is -1.05.